The lowest BCUT2D eigenvalue weighted by Crippen LogP contribution is -2.55. The standard InChI is InChI=1S/C18H28N2/c1-13(2)18-10-19-17(15-7-5-4-6-8-15)12-20(18)11-16-9-14(16)3/h4-8,13-14,16-19H,9-12H2,1-3H3. The second-order valence-corrected chi connectivity index (χ2v) is 7.11. The van der Waals surface area contributed by atoms with Crippen LogP contribution in [0.15, 0.2) is 30.3 Å². The number of benzene rings is 1. The molecule has 0 radical (unpaired) electrons. The van der Waals surface area contributed by atoms with E-state index in [2.05, 4.69) is 61.3 Å². The summed E-state index contributed by atoms with van der Waals surface area (Å²) < 4.78 is 0. The minimum Gasteiger partial charge on any atom is -0.307 e. The highest BCUT2D eigenvalue weighted by Crippen LogP contribution is 2.39. The third-order valence-electron chi connectivity index (χ3n) is 5.18. The number of piperazine rings is 1. The molecule has 1 aliphatic heterocycles. The van der Waals surface area contributed by atoms with Crippen molar-refractivity contribution in [2.45, 2.75) is 39.3 Å². The Morgan fingerprint density at radius 1 is 1.25 bits per heavy atom. The molecule has 0 aromatic heterocycles. The van der Waals surface area contributed by atoms with Crippen LogP contribution in [0.25, 0.3) is 0 Å². The van der Waals surface area contributed by atoms with E-state index in [0.717, 1.165) is 30.8 Å². The molecule has 1 N–H and O–H groups in total. The van der Waals surface area contributed by atoms with Crippen LogP contribution >= 0.6 is 0 Å². The lowest BCUT2D eigenvalue weighted by molar-refractivity contribution is 0.0921. The third-order valence-corrected chi connectivity index (χ3v) is 5.18. The van der Waals surface area contributed by atoms with Crippen molar-refractivity contribution in [2.24, 2.45) is 17.8 Å². The van der Waals surface area contributed by atoms with E-state index in [1.54, 1.807) is 0 Å². The lowest BCUT2D eigenvalue weighted by atomic mass is 9.95. The maximum absolute atomic E-state index is 3.76. The van der Waals surface area contributed by atoms with Gasteiger partial charge < -0.3 is 5.32 Å². The Morgan fingerprint density at radius 2 is 1.95 bits per heavy atom. The molecule has 1 heterocycles. The van der Waals surface area contributed by atoms with Gasteiger partial charge in [0.2, 0.25) is 0 Å². The maximum Gasteiger partial charge on any atom is 0.0449 e. The number of hydrogen-bond acceptors (Lipinski definition) is 2. The fourth-order valence-corrected chi connectivity index (χ4v) is 3.56. The minimum atomic E-state index is 0.500. The molecular weight excluding hydrogens is 244 g/mol. The molecule has 2 fully saturated rings. The van der Waals surface area contributed by atoms with Gasteiger partial charge in [-0.25, -0.2) is 0 Å². The molecule has 2 nitrogen and oxygen atoms in total. The van der Waals surface area contributed by atoms with Crippen molar-refractivity contribution in [1.29, 1.82) is 0 Å². The van der Waals surface area contributed by atoms with E-state index in [1.807, 2.05) is 0 Å². The van der Waals surface area contributed by atoms with Crippen molar-refractivity contribution in [2.75, 3.05) is 19.6 Å². The van der Waals surface area contributed by atoms with Crippen LogP contribution in [0, 0.1) is 17.8 Å². The Hall–Kier alpha value is -0.860. The average Bonchev–Trinajstić information content (AvgIpc) is 3.14. The summed E-state index contributed by atoms with van der Waals surface area (Å²) in [7, 11) is 0. The molecular formula is C18H28N2. The first kappa shape index (κ1) is 14.1. The molecule has 2 aliphatic rings. The van der Waals surface area contributed by atoms with Crippen LogP contribution in [0.2, 0.25) is 0 Å². The highest BCUT2D eigenvalue weighted by Gasteiger charge is 2.38. The number of hydrogen-bond donors (Lipinski definition) is 1. The average molecular weight is 272 g/mol. The Labute approximate surface area is 123 Å². The smallest absolute Gasteiger partial charge is 0.0449 e. The molecule has 0 amide bonds. The van der Waals surface area contributed by atoms with Crippen molar-refractivity contribution in [3.05, 3.63) is 35.9 Å². The Morgan fingerprint density at radius 3 is 2.55 bits per heavy atom. The summed E-state index contributed by atoms with van der Waals surface area (Å²) in [6.07, 6.45) is 1.44. The fraction of sp³-hybridized carbons (Fsp3) is 0.667. The van der Waals surface area contributed by atoms with Crippen molar-refractivity contribution < 1.29 is 0 Å². The van der Waals surface area contributed by atoms with Crippen LogP contribution < -0.4 is 5.32 Å². The third kappa shape index (κ3) is 3.07. The van der Waals surface area contributed by atoms with Gasteiger partial charge in [0.15, 0.2) is 0 Å². The van der Waals surface area contributed by atoms with E-state index in [-0.39, 0.29) is 0 Å². The normalized spacial score (nSPS) is 34.4. The van der Waals surface area contributed by atoms with Crippen LogP contribution in [-0.2, 0) is 0 Å². The summed E-state index contributed by atoms with van der Waals surface area (Å²) in [6.45, 7) is 10.7. The maximum atomic E-state index is 3.76. The molecule has 2 heteroatoms. The topological polar surface area (TPSA) is 15.3 Å². The van der Waals surface area contributed by atoms with Gasteiger partial charge in [0.25, 0.3) is 0 Å². The van der Waals surface area contributed by atoms with Crippen LogP contribution in [0.5, 0.6) is 0 Å². The first-order valence-electron chi connectivity index (χ1n) is 8.17. The SMILES string of the molecule is CC(C)C1CNC(c2ccccc2)CN1CC1CC1C. The van der Waals surface area contributed by atoms with Crippen LogP contribution in [0.1, 0.15) is 38.8 Å². The van der Waals surface area contributed by atoms with Crippen LogP contribution in [0.4, 0.5) is 0 Å². The molecule has 1 saturated heterocycles. The predicted molar refractivity (Wildman–Crippen MR) is 84.7 cm³/mol. The number of nitrogens with one attached hydrogen (secondary N) is 1. The van der Waals surface area contributed by atoms with E-state index in [1.165, 1.54) is 18.5 Å². The lowest BCUT2D eigenvalue weighted by Gasteiger charge is -2.43. The predicted octanol–water partition coefficient (Wildman–Crippen LogP) is 3.31. The Bertz CT molecular complexity index is 428. The van der Waals surface area contributed by atoms with Crippen molar-refractivity contribution in [3.8, 4) is 0 Å². The van der Waals surface area contributed by atoms with Gasteiger partial charge in [-0.05, 0) is 29.7 Å². The molecule has 0 bridgehead atoms. The number of rotatable bonds is 4. The molecule has 4 unspecified atom stereocenters. The molecule has 1 saturated carbocycles. The molecule has 4 atom stereocenters. The van der Waals surface area contributed by atoms with Gasteiger partial charge >= 0.3 is 0 Å². The summed E-state index contributed by atoms with van der Waals surface area (Å²) in [6, 6.07) is 12.1. The van der Waals surface area contributed by atoms with E-state index in [4.69, 9.17) is 0 Å². The number of nitrogens with zero attached hydrogens (tertiary/aromatic N) is 1. The molecule has 3 rings (SSSR count). The second-order valence-electron chi connectivity index (χ2n) is 7.11. The fourth-order valence-electron chi connectivity index (χ4n) is 3.56. The first-order valence-corrected chi connectivity index (χ1v) is 8.17. The van der Waals surface area contributed by atoms with E-state index < -0.39 is 0 Å². The quantitative estimate of drug-likeness (QED) is 0.904. The zero-order valence-corrected chi connectivity index (χ0v) is 13.0. The summed E-state index contributed by atoms with van der Waals surface area (Å²) in [5.41, 5.74) is 1.43. The minimum absolute atomic E-state index is 0.500. The van der Waals surface area contributed by atoms with E-state index in [9.17, 15) is 0 Å². The van der Waals surface area contributed by atoms with Crippen LogP contribution in [-0.4, -0.2) is 30.6 Å². The van der Waals surface area contributed by atoms with E-state index in [0.29, 0.717) is 12.1 Å². The molecule has 0 spiro atoms. The summed E-state index contributed by atoms with van der Waals surface area (Å²) >= 11 is 0. The van der Waals surface area contributed by atoms with Gasteiger partial charge in [-0.15, -0.1) is 0 Å². The van der Waals surface area contributed by atoms with E-state index >= 15 is 0 Å². The Balaban J connectivity index is 1.69. The molecule has 1 aromatic rings. The van der Waals surface area contributed by atoms with Gasteiger partial charge in [-0.3, -0.25) is 4.90 Å². The molecule has 20 heavy (non-hydrogen) atoms. The van der Waals surface area contributed by atoms with Crippen molar-refractivity contribution in [1.82, 2.24) is 10.2 Å². The summed E-state index contributed by atoms with van der Waals surface area (Å²) in [4.78, 5) is 2.76. The van der Waals surface area contributed by atoms with Gasteiger partial charge in [-0.1, -0.05) is 51.1 Å². The molecule has 1 aliphatic carbocycles. The molecule has 1 aromatic carbocycles. The van der Waals surface area contributed by atoms with Gasteiger partial charge in [0, 0.05) is 31.7 Å². The summed E-state index contributed by atoms with van der Waals surface area (Å²) in [5, 5.41) is 3.76. The van der Waals surface area contributed by atoms with Crippen LogP contribution in [0.3, 0.4) is 0 Å². The van der Waals surface area contributed by atoms with Gasteiger partial charge in [0.1, 0.15) is 0 Å². The highest BCUT2D eigenvalue weighted by molar-refractivity contribution is 5.20. The van der Waals surface area contributed by atoms with Gasteiger partial charge in [0.05, 0.1) is 0 Å². The highest BCUT2D eigenvalue weighted by atomic mass is 15.2. The second kappa shape index (κ2) is 5.87. The largest absolute Gasteiger partial charge is 0.307 e. The monoisotopic (exact) mass is 272 g/mol. The first-order chi connectivity index (χ1) is 9.65. The summed E-state index contributed by atoms with van der Waals surface area (Å²) in [5.74, 6) is 2.63. The molecule has 110 valence electrons. The van der Waals surface area contributed by atoms with Crippen molar-refractivity contribution >= 4 is 0 Å². The Kier molecular flexibility index (Phi) is 4.13. The van der Waals surface area contributed by atoms with Crippen molar-refractivity contribution in [3.63, 3.8) is 0 Å². The zero-order chi connectivity index (χ0) is 14.1. The van der Waals surface area contributed by atoms with Gasteiger partial charge in [-0.2, -0.15) is 0 Å². The zero-order valence-electron chi connectivity index (χ0n) is 13.0.